The lowest BCUT2D eigenvalue weighted by atomic mass is 10.0. The van der Waals surface area contributed by atoms with Crippen molar-refractivity contribution in [3.05, 3.63) is 35.9 Å². The highest BCUT2D eigenvalue weighted by Gasteiger charge is 2.34. The highest BCUT2D eigenvalue weighted by atomic mass is 35.5. The highest BCUT2D eigenvalue weighted by molar-refractivity contribution is 5.94. The smallest absolute Gasteiger partial charge is 0.346 e. The summed E-state index contributed by atoms with van der Waals surface area (Å²) < 4.78 is 0. The maximum Gasteiger partial charge on any atom is 0.346 e. The van der Waals surface area contributed by atoms with Crippen molar-refractivity contribution in [2.24, 2.45) is 5.73 Å². The van der Waals surface area contributed by atoms with E-state index in [9.17, 15) is 19.9 Å². The van der Waals surface area contributed by atoms with Gasteiger partial charge < -0.3 is 16.0 Å². The number of hydroxylamine groups is 4. The van der Waals surface area contributed by atoms with Gasteiger partial charge in [0.15, 0.2) is 6.10 Å². The first kappa shape index (κ1) is 19.3. The Morgan fingerprint density at radius 3 is 2.19 bits per heavy atom. The molecule has 0 aromatic heterocycles. The number of nitrogens with zero attached hydrogens (tertiary/aromatic N) is 2. The number of carbonyl (C=O) groups excluding carboxylic acids is 2. The molecule has 0 radical (unpaired) electrons. The Balaban J connectivity index is 0.00000400. The Bertz CT molecular complexity index is 471. The third-order valence-electron chi connectivity index (χ3n) is 2.80. The molecule has 0 heterocycles. The number of carbonyl (C=O) groups is 2. The van der Waals surface area contributed by atoms with E-state index >= 15 is 0 Å². The SMILES string of the molecule is CN(O)[C@@H](Cc1ccccc1)[C@@H](O)C(=O)N(O)C(N)=O.Cl. The van der Waals surface area contributed by atoms with Crippen molar-refractivity contribution in [2.75, 3.05) is 7.05 Å². The number of amides is 3. The number of urea groups is 1. The summed E-state index contributed by atoms with van der Waals surface area (Å²) in [7, 11) is 1.25. The predicted octanol–water partition coefficient (Wildman–Crippen LogP) is -0.00210. The quantitative estimate of drug-likeness (QED) is 0.447. The molecule has 1 aromatic rings. The average Bonchev–Trinajstić information content (AvgIpc) is 2.43. The molecule has 0 fully saturated rings. The van der Waals surface area contributed by atoms with Crippen molar-refractivity contribution in [1.29, 1.82) is 0 Å². The summed E-state index contributed by atoms with van der Waals surface area (Å²) in [6.45, 7) is 0. The number of hydrogen-bond acceptors (Lipinski definition) is 6. The topological polar surface area (TPSA) is 127 Å². The highest BCUT2D eigenvalue weighted by Crippen LogP contribution is 2.12. The Labute approximate surface area is 127 Å². The minimum absolute atomic E-state index is 0. The van der Waals surface area contributed by atoms with E-state index in [1.54, 1.807) is 30.3 Å². The first-order chi connectivity index (χ1) is 9.34. The number of aliphatic hydroxyl groups excluding tert-OH is 1. The molecule has 0 aliphatic rings. The fourth-order valence-electron chi connectivity index (χ4n) is 1.70. The van der Waals surface area contributed by atoms with Crippen molar-refractivity contribution in [2.45, 2.75) is 18.6 Å². The lowest BCUT2D eigenvalue weighted by Gasteiger charge is -2.27. The predicted molar refractivity (Wildman–Crippen MR) is 75.0 cm³/mol. The zero-order valence-corrected chi connectivity index (χ0v) is 12.1. The molecule has 0 saturated carbocycles. The van der Waals surface area contributed by atoms with Gasteiger partial charge in [0, 0.05) is 7.05 Å². The Hall–Kier alpha value is -1.71. The number of primary amides is 1. The summed E-state index contributed by atoms with van der Waals surface area (Å²) in [4.78, 5) is 22.3. The number of nitrogens with two attached hydrogens (primary N) is 1. The van der Waals surface area contributed by atoms with Crippen molar-refractivity contribution in [1.82, 2.24) is 10.1 Å². The van der Waals surface area contributed by atoms with Gasteiger partial charge >= 0.3 is 6.03 Å². The number of benzene rings is 1. The van der Waals surface area contributed by atoms with E-state index in [0.717, 1.165) is 5.56 Å². The van der Waals surface area contributed by atoms with Gasteiger partial charge in [-0.2, -0.15) is 5.06 Å². The third kappa shape index (κ3) is 5.29. The molecule has 2 atom stereocenters. The van der Waals surface area contributed by atoms with Crippen LogP contribution >= 0.6 is 12.4 Å². The van der Waals surface area contributed by atoms with Crippen LogP contribution in [0.15, 0.2) is 30.3 Å². The summed E-state index contributed by atoms with van der Waals surface area (Å²) >= 11 is 0. The van der Waals surface area contributed by atoms with E-state index in [0.29, 0.717) is 5.06 Å². The van der Waals surface area contributed by atoms with Crippen LogP contribution in [0.4, 0.5) is 4.79 Å². The molecule has 1 aromatic carbocycles. The minimum atomic E-state index is -1.82. The van der Waals surface area contributed by atoms with Crippen LogP contribution in [0, 0.1) is 0 Å². The summed E-state index contributed by atoms with van der Waals surface area (Å²) in [6.07, 6.45) is -1.68. The first-order valence-electron chi connectivity index (χ1n) is 5.80. The molecule has 118 valence electrons. The third-order valence-corrected chi connectivity index (χ3v) is 2.80. The van der Waals surface area contributed by atoms with Gasteiger partial charge in [0.25, 0.3) is 5.91 Å². The first-order valence-corrected chi connectivity index (χ1v) is 5.80. The summed E-state index contributed by atoms with van der Waals surface area (Å²) in [6, 6.07) is 6.37. The molecule has 0 unspecified atom stereocenters. The maximum absolute atomic E-state index is 11.6. The Morgan fingerprint density at radius 1 is 1.24 bits per heavy atom. The van der Waals surface area contributed by atoms with Crippen LogP contribution in [0.25, 0.3) is 0 Å². The number of likely N-dealkylation sites (N-methyl/N-ethyl adjacent to an activating group) is 1. The molecule has 5 N–H and O–H groups in total. The van der Waals surface area contributed by atoms with Crippen LogP contribution in [-0.4, -0.2) is 56.8 Å². The number of halogens is 1. The number of aliphatic hydroxyl groups is 1. The number of rotatable bonds is 5. The van der Waals surface area contributed by atoms with Crippen molar-refractivity contribution < 1.29 is 25.1 Å². The van der Waals surface area contributed by atoms with E-state index < -0.39 is 24.1 Å². The van der Waals surface area contributed by atoms with Crippen molar-refractivity contribution in [3.63, 3.8) is 0 Å². The molecule has 1 rings (SSSR count). The largest absolute Gasteiger partial charge is 0.381 e. The fraction of sp³-hybridized carbons (Fsp3) is 0.333. The normalized spacial score (nSPS) is 13.2. The second kappa shape index (κ2) is 8.55. The molecule has 0 aliphatic heterocycles. The minimum Gasteiger partial charge on any atom is -0.381 e. The standard InChI is InChI=1S/C12H17N3O5.ClH/c1-14(19)9(7-8-5-3-2-4-6-8)10(16)11(17)15(20)12(13)18;/h2-6,9-10,16,19-20H,7H2,1H3,(H2,13,18);1H/t9-,10+;/m0./s1. The van der Waals surface area contributed by atoms with Gasteiger partial charge in [0.2, 0.25) is 0 Å². The average molecular weight is 320 g/mol. The van der Waals surface area contributed by atoms with E-state index in [1.165, 1.54) is 7.05 Å². The molecular weight excluding hydrogens is 302 g/mol. The summed E-state index contributed by atoms with van der Waals surface area (Å²) in [5, 5.41) is 28.8. The second-order valence-electron chi connectivity index (χ2n) is 4.26. The van der Waals surface area contributed by atoms with Crippen LogP contribution in [0.5, 0.6) is 0 Å². The van der Waals surface area contributed by atoms with E-state index in [2.05, 4.69) is 0 Å². The van der Waals surface area contributed by atoms with E-state index in [1.807, 2.05) is 0 Å². The van der Waals surface area contributed by atoms with Crippen molar-refractivity contribution in [3.8, 4) is 0 Å². The molecule has 0 saturated heterocycles. The monoisotopic (exact) mass is 319 g/mol. The zero-order valence-electron chi connectivity index (χ0n) is 11.3. The van der Waals surface area contributed by atoms with Gasteiger partial charge in [0.1, 0.15) is 0 Å². The lowest BCUT2D eigenvalue weighted by Crippen LogP contribution is -2.52. The molecule has 8 nitrogen and oxygen atoms in total. The molecular formula is C12H18ClN3O5. The maximum atomic E-state index is 11.6. The van der Waals surface area contributed by atoms with Gasteiger partial charge in [-0.05, 0) is 12.0 Å². The van der Waals surface area contributed by atoms with Gasteiger partial charge in [-0.1, -0.05) is 30.3 Å². The number of imide groups is 1. The van der Waals surface area contributed by atoms with Crippen LogP contribution in [0.1, 0.15) is 5.56 Å². The van der Waals surface area contributed by atoms with Crippen LogP contribution in [0.2, 0.25) is 0 Å². The zero-order chi connectivity index (χ0) is 15.3. The van der Waals surface area contributed by atoms with Gasteiger partial charge in [0.05, 0.1) is 6.04 Å². The van der Waals surface area contributed by atoms with Crippen LogP contribution in [0.3, 0.4) is 0 Å². The Kier molecular flexibility index (Phi) is 7.85. The molecule has 3 amide bonds. The van der Waals surface area contributed by atoms with Crippen LogP contribution < -0.4 is 5.73 Å². The molecule has 0 aliphatic carbocycles. The molecule has 9 heteroatoms. The Morgan fingerprint density at radius 2 is 1.76 bits per heavy atom. The van der Waals surface area contributed by atoms with Gasteiger partial charge in [-0.25, -0.2) is 4.79 Å². The second-order valence-corrected chi connectivity index (χ2v) is 4.26. The van der Waals surface area contributed by atoms with E-state index in [4.69, 9.17) is 10.9 Å². The number of hydrogen-bond donors (Lipinski definition) is 4. The summed E-state index contributed by atoms with van der Waals surface area (Å²) in [5.74, 6) is -1.31. The molecule has 21 heavy (non-hydrogen) atoms. The van der Waals surface area contributed by atoms with E-state index in [-0.39, 0.29) is 23.9 Å². The fourth-order valence-corrected chi connectivity index (χ4v) is 1.70. The van der Waals surface area contributed by atoms with Gasteiger partial charge in [-0.3, -0.25) is 10.0 Å². The molecule has 0 spiro atoms. The van der Waals surface area contributed by atoms with Crippen molar-refractivity contribution >= 4 is 24.3 Å². The van der Waals surface area contributed by atoms with Gasteiger partial charge in [-0.15, -0.1) is 17.5 Å². The van der Waals surface area contributed by atoms with Crippen LogP contribution in [-0.2, 0) is 11.2 Å². The lowest BCUT2D eigenvalue weighted by molar-refractivity contribution is -0.179. The summed E-state index contributed by atoms with van der Waals surface area (Å²) in [5.41, 5.74) is 5.49. The molecule has 0 bridgehead atoms.